The summed E-state index contributed by atoms with van der Waals surface area (Å²) in [5.74, 6) is -1.35. The SMILES string of the molecule is O=C(O)CCCCCCCCCCCCCCCCCCC(=O)O.[Ag]. The Balaban J connectivity index is 0. The van der Waals surface area contributed by atoms with Gasteiger partial charge in [0, 0.05) is 35.2 Å². The first-order chi connectivity index (χ1) is 11.6. The van der Waals surface area contributed by atoms with Gasteiger partial charge in [0.2, 0.25) is 0 Å². The quantitative estimate of drug-likeness (QED) is 0.182. The van der Waals surface area contributed by atoms with Crippen LogP contribution >= 0.6 is 0 Å². The second kappa shape index (κ2) is 21.7. The minimum absolute atomic E-state index is 0. The molecule has 153 valence electrons. The molecule has 0 aromatic rings. The van der Waals surface area contributed by atoms with Crippen LogP contribution in [0.25, 0.3) is 0 Å². The topological polar surface area (TPSA) is 74.6 Å². The molecular weight excluding hydrogens is 412 g/mol. The summed E-state index contributed by atoms with van der Waals surface area (Å²) in [6.45, 7) is 0. The molecule has 0 aliphatic heterocycles. The maximum Gasteiger partial charge on any atom is 0.303 e. The maximum atomic E-state index is 10.4. The van der Waals surface area contributed by atoms with Crippen LogP contribution in [-0.2, 0) is 32.0 Å². The first kappa shape index (κ1) is 26.9. The molecule has 0 aromatic carbocycles. The number of carboxylic acids is 2. The largest absolute Gasteiger partial charge is 0.481 e. The van der Waals surface area contributed by atoms with E-state index in [1.807, 2.05) is 0 Å². The van der Waals surface area contributed by atoms with Crippen LogP contribution in [0, 0.1) is 0 Å². The Morgan fingerprint density at radius 3 is 0.720 bits per heavy atom. The second-order valence-corrected chi connectivity index (χ2v) is 6.94. The van der Waals surface area contributed by atoms with Crippen molar-refractivity contribution in [2.24, 2.45) is 0 Å². The number of aliphatic carboxylic acids is 2. The van der Waals surface area contributed by atoms with Crippen LogP contribution in [0.15, 0.2) is 0 Å². The fourth-order valence-corrected chi connectivity index (χ4v) is 3.03. The molecule has 2 N–H and O–H groups in total. The fraction of sp³-hybridized carbons (Fsp3) is 0.900. The Bertz CT molecular complexity index is 278. The minimum atomic E-state index is -0.673. The monoisotopic (exact) mass is 449 g/mol. The van der Waals surface area contributed by atoms with Gasteiger partial charge < -0.3 is 10.2 Å². The summed E-state index contributed by atoms with van der Waals surface area (Å²) in [6, 6.07) is 0. The van der Waals surface area contributed by atoms with Crippen LogP contribution in [0.2, 0.25) is 0 Å². The Morgan fingerprint density at radius 1 is 0.400 bits per heavy atom. The van der Waals surface area contributed by atoms with Crippen molar-refractivity contribution >= 4 is 11.9 Å². The third kappa shape index (κ3) is 26.0. The molecule has 4 nitrogen and oxygen atoms in total. The molecule has 0 saturated heterocycles. The zero-order chi connectivity index (χ0) is 17.9. The van der Waals surface area contributed by atoms with Gasteiger partial charge in [0.1, 0.15) is 0 Å². The first-order valence-electron chi connectivity index (χ1n) is 10.1. The van der Waals surface area contributed by atoms with Crippen LogP contribution in [0.4, 0.5) is 0 Å². The van der Waals surface area contributed by atoms with Crippen molar-refractivity contribution in [3.63, 3.8) is 0 Å². The Kier molecular flexibility index (Phi) is 23.4. The summed E-state index contributed by atoms with van der Waals surface area (Å²) in [5.41, 5.74) is 0. The molecule has 0 saturated carbocycles. The van der Waals surface area contributed by atoms with Crippen LogP contribution < -0.4 is 0 Å². The molecule has 0 heterocycles. The van der Waals surface area contributed by atoms with Gasteiger partial charge in [-0.05, 0) is 12.8 Å². The van der Waals surface area contributed by atoms with Crippen molar-refractivity contribution in [1.82, 2.24) is 0 Å². The van der Waals surface area contributed by atoms with Gasteiger partial charge in [0.15, 0.2) is 0 Å². The summed E-state index contributed by atoms with van der Waals surface area (Å²) >= 11 is 0. The van der Waals surface area contributed by atoms with Crippen molar-refractivity contribution in [3.05, 3.63) is 0 Å². The molecule has 0 bridgehead atoms. The number of hydrogen-bond donors (Lipinski definition) is 2. The molecule has 5 heteroatoms. The number of carboxylic acid groups (broad SMARTS) is 2. The van der Waals surface area contributed by atoms with E-state index in [-0.39, 0.29) is 22.4 Å². The first-order valence-corrected chi connectivity index (χ1v) is 10.1. The van der Waals surface area contributed by atoms with E-state index >= 15 is 0 Å². The average molecular weight is 450 g/mol. The standard InChI is InChI=1S/C20H38O4.Ag/c21-19(22)17-15-13-11-9-7-5-3-1-2-4-6-8-10-12-14-16-18-20(23)24;/h1-18H2,(H,21,22)(H,23,24);. The molecule has 25 heavy (non-hydrogen) atoms. The molecule has 0 aliphatic rings. The Hall–Kier alpha value is -0.320. The van der Waals surface area contributed by atoms with Gasteiger partial charge in [0.25, 0.3) is 0 Å². The fourth-order valence-electron chi connectivity index (χ4n) is 3.03. The van der Waals surface area contributed by atoms with E-state index in [4.69, 9.17) is 10.2 Å². The van der Waals surface area contributed by atoms with E-state index < -0.39 is 11.9 Å². The van der Waals surface area contributed by atoms with Gasteiger partial charge in [-0.25, -0.2) is 0 Å². The number of carbonyl (C=O) groups is 2. The molecule has 0 amide bonds. The molecule has 0 unspecified atom stereocenters. The van der Waals surface area contributed by atoms with Crippen molar-refractivity contribution in [1.29, 1.82) is 0 Å². The number of hydrogen-bond acceptors (Lipinski definition) is 2. The molecule has 0 atom stereocenters. The van der Waals surface area contributed by atoms with E-state index in [0.717, 1.165) is 25.7 Å². The Labute approximate surface area is 169 Å². The van der Waals surface area contributed by atoms with Crippen LogP contribution in [0.3, 0.4) is 0 Å². The smallest absolute Gasteiger partial charge is 0.303 e. The van der Waals surface area contributed by atoms with Crippen molar-refractivity contribution in [2.75, 3.05) is 0 Å². The summed E-state index contributed by atoms with van der Waals surface area (Å²) in [4.78, 5) is 20.7. The van der Waals surface area contributed by atoms with Crippen molar-refractivity contribution in [3.8, 4) is 0 Å². The van der Waals surface area contributed by atoms with Gasteiger partial charge in [0.05, 0.1) is 0 Å². The minimum Gasteiger partial charge on any atom is -0.481 e. The van der Waals surface area contributed by atoms with Gasteiger partial charge >= 0.3 is 11.9 Å². The van der Waals surface area contributed by atoms with Crippen molar-refractivity contribution < 1.29 is 42.2 Å². The molecule has 0 aliphatic carbocycles. The summed E-state index contributed by atoms with van der Waals surface area (Å²) in [7, 11) is 0. The number of unbranched alkanes of at least 4 members (excludes halogenated alkanes) is 15. The van der Waals surface area contributed by atoms with Crippen LogP contribution in [0.5, 0.6) is 0 Å². The zero-order valence-electron chi connectivity index (χ0n) is 15.7. The van der Waals surface area contributed by atoms with E-state index in [9.17, 15) is 9.59 Å². The zero-order valence-corrected chi connectivity index (χ0v) is 17.2. The summed E-state index contributed by atoms with van der Waals surface area (Å²) < 4.78 is 0. The second-order valence-electron chi connectivity index (χ2n) is 6.94. The maximum absolute atomic E-state index is 10.4. The third-order valence-electron chi connectivity index (χ3n) is 4.53. The van der Waals surface area contributed by atoms with Crippen LogP contribution in [0.1, 0.15) is 116 Å². The van der Waals surface area contributed by atoms with E-state index in [0.29, 0.717) is 12.8 Å². The average Bonchev–Trinajstić information content (AvgIpc) is 2.53. The summed E-state index contributed by atoms with van der Waals surface area (Å²) in [6.07, 6.45) is 19.9. The van der Waals surface area contributed by atoms with Crippen LogP contribution in [-0.4, -0.2) is 22.2 Å². The van der Waals surface area contributed by atoms with E-state index in [2.05, 4.69) is 0 Å². The van der Waals surface area contributed by atoms with Gasteiger partial charge in [-0.1, -0.05) is 89.9 Å². The Morgan fingerprint density at radius 2 is 0.560 bits per heavy atom. The summed E-state index contributed by atoms with van der Waals surface area (Å²) in [5, 5.41) is 17.1. The normalized spacial score (nSPS) is 10.4. The predicted octanol–water partition coefficient (Wildman–Crippen LogP) is 6.17. The number of rotatable bonds is 19. The molecule has 0 spiro atoms. The van der Waals surface area contributed by atoms with Crippen molar-refractivity contribution in [2.45, 2.75) is 116 Å². The predicted molar refractivity (Wildman–Crippen MR) is 98.4 cm³/mol. The molecule has 1 radical (unpaired) electrons. The van der Waals surface area contributed by atoms with E-state index in [1.165, 1.54) is 77.0 Å². The van der Waals surface area contributed by atoms with E-state index in [1.54, 1.807) is 0 Å². The van der Waals surface area contributed by atoms with Gasteiger partial charge in [-0.15, -0.1) is 0 Å². The molecule has 0 aromatic heterocycles. The van der Waals surface area contributed by atoms with Gasteiger partial charge in [-0.2, -0.15) is 0 Å². The third-order valence-corrected chi connectivity index (χ3v) is 4.53. The van der Waals surface area contributed by atoms with Gasteiger partial charge in [-0.3, -0.25) is 9.59 Å². The molecular formula is C20H38AgO4. The molecule has 0 rings (SSSR count). The molecule has 0 fully saturated rings.